The van der Waals surface area contributed by atoms with Gasteiger partial charge in [0.2, 0.25) is 11.0 Å². The summed E-state index contributed by atoms with van der Waals surface area (Å²) in [6, 6.07) is 0. The molecule has 1 N–H and O–H groups in total. The minimum atomic E-state index is -3.53. The lowest BCUT2D eigenvalue weighted by Gasteiger charge is -2.36. The van der Waals surface area contributed by atoms with Crippen LogP contribution in [0.2, 0.25) is 0 Å². The molecular formula is C12H19N5O4S2. The highest BCUT2D eigenvalue weighted by molar-refractivity contribution is 7.86. The van der Waals surface area contributed by atoms with Gasteiger partial charge >= 0.3 is 0 Å². The molecule has 9 nitrogen and oxygen atoms in total. The van der Waals surface area contributed by atoms with Gasteiger partial charge in [-0.1, -0.05) is 11.3 Å². The fourth-order valence-electron chi connectivity index (χ4n) is 2.74. The topological polar surface area (TPSA) is 105 Å². The van der Waals surface area contributed by atoms with Gasteiger partial charge in [-0.15, -0.1) is 10.2 Å². The van der Waals surface area contributed by atoms with Crippen LogP contribution in [0.25, 0.3) is 0 Å². The van der Waals surface area contributed by atoms with E-state index in [1.165, 1.54) is 25.5 Å². The number of nitrogens with one attached hydrogen (secondary N) is 1. The van der Waals surface area contributed by atoms with Crippen LogP contribution in [0.4, 0.5) is 5.13 Å². The molecule has 1 amide bonds. The third-order valence-electron chi connectivity index (χ3n) is 3.97. The van der Waals surface area contributed by atoms with Crippen LogP contribution in [0, 0.1) is 5.92 Å². The van der Waals surface area contributed by atoms with Gasteiger partial charge in [-0.25, -0.2) is 0 Å². The summed E-state index contributed by atoms with van der Waals surface area (Å²) in [5.41, 5.74) is 1.53. The normalized spacial score (nSPS) is 24.4. The fraction of sp³-hybridized carbons (Fsp3) is 0.750. The van der Waals surface area contributed by atoms with Crippen molar-refractivity contribution >= 4 is 32.6 Å². The fourth-order valence-corrected chi connectivity index (χ4v) is 4.85. The highest BCUT2D eigenvalue weighted by atomic mass is 32.2. The van der Waals surface area contributed by atoms with Crippen molar-refractivity contribution in [3.8, 4) is 0 Å². The first-order valence-corrected chi connectivity index (χ1v) is 9.75. The Morgan fingerprint density at radius 2 is 2.09 bits per heavy atom. The van der Waals surface area contributed by atoms with E-state index in [0.717, 1.165) is 0 Å². The lowest BCUT2D eigenvalue weighted by Crippen LogP contribution is -2.52. The van der Waals surface area contributed by atoms with E-state index in [1.807, 2.05) is 0 Å². The first kappa shape index (κ1) is 16.7. The number of carbonyl (C=O) groups is 1. The van der Waals surface area contributed by atoms with E-state index >= 15 is 0 Å². The van der Waals surface area contributed by atoms with Gasteiger partial charge in [0, 0.05) is 26.2 Å². The van der Waals surface area contributed by atoms with Gasteiger partial charge in [-0.3, -0.25) is 4.79 Å². The van der Waals surface area contributed by atoms with Gasteiger partial charge < -0.3 is 10.1 Å². The number of morpholine rings is 1. The highest BCUT2D eigenvalue weighted by Crippen LogP contribution is 2.23. The second-order valence-corrected chi connectivity index (χ2v) is 8.21. The molecule has 0 aliphatic carbocycles. The maximum atomic E-state index is 12.7. The first-order chi connectivity index (χ1) is 11.1. The predicted molar refractivity (Wildman–Crippen MR) is 84.1 cm³/mol. The molecule has 2 fully saturated rings. The molecule has 0 radical (unpaired) electrons. The molecule has 2 aliphatic rings. The molecule has 2 saturated heterocycles. The Morgan fingerprint density at radius 3 is 2.78 bits per heavy atom. The summed E-state index contributed by atoms with van der Waals surface area (Å²) in [7, 11) is -3.53. The molecule has 1 atom stereocenters. The van der Waals surface area contributed by atoms with Gasteiger partial charge in [0.25, 0.3) is 10.2 Å². The van der Waals surface area contributed by atoms with Crippen molar-refractivity contribution in [2.45, 2.75) is 12.8 Å². The van der Waals surface area contributed by atoms with Crippen LogP contribution in [0.15, 0.2) is 5.51 Å². The van der Waals surface area contributed by atoms with Gasteiger partial charge in [0.15, 0.2) is 0 Å². The van der Waals surface area contributed by atoms with Crippen LogP contribution in [0.3, 0.4) is 0 Å². The van der Waals surface area contributed by atoms with E-state index in [1.54, 1.807) is 0 Å². The van der Waals surface area contributed by atoms with Crippen LogP contribution in [0.1, 0.15) is 12.8 Å². The summed E-state index contributed by atoms with van der Waals surface area (Å²) in [5, 5.41) is 10.6. The standard InChI is InChI=1S/C12H19N5O4S2/c18-11(14-12-15-13-9-22-12)10-2-1-3-17(8-10)23(19,20)16-4-6-21-7-5-16/h9-10H,1-8H2,(H,14,15,18). The van der Waals surface area contributed by atoms with Gasteiger partial charge in [-0.2, -0.15) is 17.0 Å². The summed E-state index contributed by atoms with van der Waals surface area (Å²) in [4.78, 5) is 12.3. The van der Waals surface area contributed by atoms with Crippen molar-refractivity contribution in [2.75, 3.05) is 44.7 Å². The number of nitrogens with zero attached hydrogens (tertiary/aromatic N) is 4. The highest BCUT2D eigenvalue weighted by Gasteiger charge is 2.36. The summed E-state index contributed by atoms with van der Waals surface area (Å²) in [5.74, 6) is -0.577. The molecule has 11 heteroatoms. The van der Waals surface area contributed by atoms with Crippen molar-refractivity contribution in [1.82, 2.24) is 18.8 Å². The monoisotopic (exact) mass is 361 g/mol. The van der Waals surface area contributed by atoms with Crippen LogP contribution >= 0.6 is 11.3 Å². The van der Waals surface area contributed by atoms with Gasteiger partial charge in [0.1, 0.15) is 5.51 Å². The zero-order chi connectivity index (χ0) is 16.3. The number of aromatic nitrogens is 2. The number of piperidine rings is 1. The third-order valence-corrected chi connectivity index (χ3v) is 6.58. The van der Waals surface area contributed by atoms with E-state index in [4.69, 9.17) is 4.74 Å². The van der Waals surface area contributed by atoms with E-state index in [9.17, 15) is 13.2 Å². The molecule has 128 valence electrons. The second-order valence-electron chi connectivity index (χ2n) is 5.45. The van der Waals surface area contributed by atoms with Crippen LogP contribution < -0.4 is 5.32 Å². The Balaban J connectivity index is 1.64. The molecule has 3 rings (SSSR count). The average molecular weight is 361 g/mol. The predicted octanol–water partition coefficient (Wildman–Crippen LogP) is -0.234. The molecule has 0 spiro atoms. The average Bonchev–Trinajstić information content (AvgIpc) is 3.09. The Labute approximate surface area is 138 Å². The Hall–Kier alpha value is -1.14. The third kappa shape index (κ3) is 3.86. The molecule has 0 bridgehead atoms. The quantitative estimate of drug-likeness (QED) is 0.794. The summed E-state index contributed by atoms with van der Waals surface area (Å²) in [6.45, 7) is 2.19. The SMILES string of the molecule is O=C(Nc1nncs1)C1CCCN(S(=O)(=O)N2CCOCC2)C1. The Morgan fingerprint density at radius 1 is 1.30 bits per heavy atom. The maximum absolute atomic E-state index is 12.7. The van der Waals surface area contributed by atoms with Crippen molar-refractivity contribution in [3.05, 3.63) is 5.51 Å². The number of amides is 1. The van der Waals surface area contributed by atoms with Crippen molar-refractivity contribution in [3.63, 3.8) is 0 Å². The smallest absolute Gasteiger partial charge is 0.282 e. The molecule has 0 saturated carbocycles. The van der Waals surface area contributed by atoms with Crippen molar-refractivity contribution < 1.29 is 17.9 Å². The van der Waals surface area contributed by atoms with Crippen molar-refractivity contribution in [2.24, 2.45) is 5.92 Å². The molecule has 1 aromatic heterocycles. The minimum Gasteiger partial charge on any atom is -0.379 e. The minimum absolute atomic E-state index is 0.199. The largest absolute Gasteiger partial charge is 0.379 e. The number of hydrogen-bond acceptors (Lipinski definition) is 7. The Bertz CT molecular complexity index is 630. The number of carbonyl (C=O) groups excluding carboxylic acids is 1. The molecule has 1 unspecified atom stereocenters. The molecule has 1 aromatic rings. The van der Waals surface area contributed by atoms with E-state index in [2.05, 4.69) is 15.5 Å². The first-order valence-electron chi connectivity index (χ1n) is 7.47. The zero-order valence-corrected chi connectivity index (χ0v) is 14.2. The van der Waals surface area contributed by atoms with Crippen molar-refractivity contribution in [1.29, 1.82) is 0 Å². The number of hydrogen-bond donors (Lipinski definition) is 1. The van der Waals surface area contributed by atoms with E-state index in [-0.39, 0.29) is 18.4 Å². The van der Waals surface area contributed by atoms with Gasteiger partial charge in [-0.05, 0) is 12.8 Å². The molecule has 2 aliphatic heterocycles. The van der Waals surface area contributed by atoms with Gasteiger partial charge in [0.05, 0.1) is 19.1 Å². The van der Waals surface area contributed by atoms with Crippen LogP contribution in [-0.2, 0) is 19.7 Å². The lowest BCUT2D eigenvalue weighted by molar-refractivity contribution is -0.120. The molecular weight excluding hydrogens is 342 g/mol. The number of anilines is 1. The number of rotatable bonds is 4. The summed E-state index contributed by atoms with van der Waals surface area (Å²) < 4.78 is 33.4. The summed E-state index contributed by atoms with van der Waals surface area (Å²) in [6.07, 6.45) is 1.33. The Kier molecular flexibility index (Phi) is 5.21. The molecule has 0 aromatic carbocycles. The lowest BCUT2D eigenvalue weighted by atomic mass is 9.99. The molecule has 23 heavy (non-hydrogen) atoms. The van der Waals surface area contributed by atoms with Crippen LogP contribution in [-0.4, -0.2) is 72.5 Å². The number of ether oxygens (including phenoxy) is 1. The summed E-state index contributed by atoms with van der Waals surface area (Å²) >= 11 is 1.24. The molecule has 3 heterocycles. The second kappa shape index (κ2) is 7.18. The van der Waals surface area contributed by atoms with E-state index in [0.29, 0.717) is 50.8 Å². The maximum Gasteiger partial charge on any atom is 0.282 e. The van der Waals surface area contributed by atoms with E-state index < -0.39 is 10.2 Å². The van der Waals surface area contributed by atoms with Crippen LogP contribution in [0.5, 0.6) is 0 Å². The zero-order valence-electron chi connectivity index (χ0n) is 12.5.